The van der Waals surface area contributed by atoms with E-state index in [0.29, 0.717) is 6.42 Å². The SMILES string of the molecule is CNCCCC(=O)N(C)c1c(C)c(C)cc(C)c1C. The van der Waals surface area contributed by atoms with E-state index in [-0.39, 0.29) is 5.91 Å². The van der Waals surface area contributed by atoms with E-state index in [9.17, 15) is 4.79 Å². The lowest BCUT2D eigenvalue weighted by Gasteiger charge is -2.24. The van der Waals surface area contributed by atoms with Gasteiger partial charge in [-0.05, 0) is 70.0 Å². The van der Waals surface area contributed by atoms with E-state index < -0.39 is 0 Å². The summed E-state index contributed by atoms with van der Waals surface area (Å²) in [5.74, 6) is 0.187. The van der Waals surface area contributed by atoms with Gasteiger partial charge in [-0.2, -0.15) is 0 Å². The summed E-state index contributed by atoms with van der Waals surface area (Å²) >= 11 is 0. The summed E-state index contributed by atoms with van der Waals surface area (Å²) in [6, 6.07) is 2.19. The van der Waals surface area contributed by atoms with Gasteiger partial charge in [-0.3, -0.25) is 4.79 Å². The standard InChI is InChI=1S/C16H26N2O/c1-11-10-12(2)14(4)16(13(11)3)18(6)15(19)8-7-9-17-5/h10,17H,7-9H2,1-6H3. The van der Waals surface area contributed by atoms with Gasteiger partial charge in [-0.15, -0.1) is 0 Å². The van der Waals surface area contributed by atoms with E-state index in [1.54, 1.807) is 0 Å². The molecule has 106 valence electrons. The van der Waals surface area contributed by atoms with Crippen molar-refractivity contribution < 1.29 is 4.79 Å². The van der Waals surface area contributed by atoms with Crippen molar-refractivity contribution in [2.45, 2.75) is 40.5 Å². The van der Waals surface area contributed by atoms with Gasteiger partial charge in [-0.1, -0.05) is 6.07 Å². The average molecular weight is 262 g/mol. The molecule has 0 aromatic heterocycles. The fourth-order valence-electron chi connectivity index (χ4n) is 2.41. The summed E-state index contributed by atoms with van der Waals surface area (Å²) in [5, 5.41) is 3.07. The first-order valence-electron chi connectivity index (χ1n) is 6.88. The highest BCUT2D eigenvalue weighted by molar-refractivity contribution is 5.94. The highest BCUT2D eigenvalue weighted by atomic mass is 16.2. The number of benzene rings is 1. The van der Waals surface area contributed by atoms with Crippen LogP contribution < -0.4 is 10.2 Å². The zero-order valence-corrected chi connectivity index (χ0v) is 13.1. The molecular formula is C16H26N2O. The molecule has 0 saturated heterocycles. The van der Waals surface area contributed by atoms with Crippen LogP contribution in [0.5, 0.6) is 0 Å². The van der Waals surface area contributed by atoms with Crippen LogP contribution in [-0.4, -0.2) is 26.5 Å². The molecule has 0 saturated carbocycles. The molecule has 1 N–H and O–H groups in total. The highest BCUT2D eigenvalue weighted by Gasteiger charge is 2.17. The van der Waals surface area contributed by atoms with Crippen molar-refractivity contribution in [2.75, 3.05) is 25.5 Å². The van der Waals surface area contributed by atoms with Crippen LogP contribution in [0, 0.1) is 27.7 Å². The monoisotopic (exact) mass is 262 g/mol. The topological polar surface area (TPSA) is 32.3 Å². The van der Waals surface area contributed by atoms with Crippen molar-refractivity contribution in [2.24, 2.45) is 0 Å². The van der Waals surface area contributed by atoms with Gasteiger partial charge in [0.2, 0.25) is 5.91 Å². The molecule has 0 atom stereocenters. The van der Waals surface area contributed by atoms with Gasteiger partial charge in [0.05, 0.1) is 0 Å². The molecule has 19 heavy (non-hydrogen) atoms. The van der Waals surface area contributed by atoms with Gasteiger partial charge < -0.3 is 10.2 Å². The van der Waals surface area contributed by atoms with Crippen molar-refractivity contribution in [1.29, 1.82) is 0 Å². The third-order valence-corrected chi connectivity index (χ3v) is 3.85. The van der Waals surface area contributed by atoms with E-state index in [2.05, 4.69) is 39.1 Å². The van der Waals surface area contributed by atoms with Gasteiger partial charge in [0.25, 0.3) is 0 Å². The van der Waals surface area contributed by atoms with Gasteiger partial charge in [0.15, 0.2) is 0 Å². The number of rotatable bonds is 5. The number of amides is 1. The second kappa shape index (κ2) is 6.71. The van der Waals surface area contributed by atoms with Crippen molar-refractivity contribution in [3.63, 3.8) is 0 Å². The predicted octanol–water partition coefficient (Wildman–Crippen LogP) is 2.88. The minimum atomic E-state index is 0.187. The molecule has 0 fully saturated rings. The van der Waals surface area contributed by atoms with E-state index in [1.165, 1.54) is 22.3 Å². The lowest BCUT2D eigenvalue weighted by atomic mass is 9.98. The molecule has 1 aromatic rings. The third kappa shape index (κ3) is 3.57. The van der Waals surface area contributed by atoms with Gasteiger partial charge in [0, 0.05) is 19.2 Å². The Hall–Kier alpha value is -1.35. The summed E-state index contributed by atoms with van der Waals surface area (Å²) in [5.41, 5.74) is 5.97. The van der Waals surface area contributed by atoms with E-state index in [4.69, 9.17) is 0 Å². The molecule has 0 aliphatic carbocycles. The average Bonchev–Trinajstić information content (AvgIpc) is 2.36. The number of nitrogens with one attached hydrogen (secondary N) is 1. The first-order chi connectivity index (χ1) is 8.90. The van der Waals surface area contributed by atoms with Gasteiger partial charge >= 0.3 is 0 Å². The Labute approximate surface area is 117 Å². The number of nitrogens with zero attached hydrogens (tertiary/aromatic N) is 1. The van der Waals surface area contributed by atoms with Crippen LogP contribution in [-0.2, 0) is 4.79 Å². The van der Waals surface area contributed by atoms with Crippen LogP contribution in [0.2, 0.25) is 0 Å². The number of anilines is 1. The molecular weight excluding hydrogens is 236 g/mol. The van der Waals surface area contributed by atoms with E-state index in [0.717, 1.165) is 18.7 Å². The van der Waals surface area contributed by atoms with Gasteiger partial charge in [0.1, 0.15) is 0 Å². The van der Waals surface area contributed by atoms with Crippen LogP contribution in [0.25, 0.3) is 0 Å². The summed E-state index contributed by atoms with van der Waals surface area (Å²) in [4.78, 5) is 14.1. The Morgan fingerprint density at radius 3 is 2.16 bits per heavy atom. The zero-order valence-electron chi connectivity index (χ0n) is 13.1. The highest BCUT2D eigenvalue weighted by Crippen LogP contribution is 2.29. The number of carbonyl (C=O) groups excluding carboxylic acids is 1. The van der Waals surface area contributed by atoms with Crippen molar-refractivity contribution >= 4 is 11.6 Å². The molecule has 0 heterocycles. The lowest BCUT2D eigenvalue weighted by Crippen LogP contribution is -2.28. The Bertz CT molecular complexity index is 440. The number of aryl methyl sites for hydroxylation is 2. The molecule has 1 amide bonds. The van der Waals surface area contributed by atoms with Crippen molar-refractivity contribution in [1.82, 2.24) is 5.32 Å². The minimum Gasteiger partial charge on any atom is -0.320 e. The second-order valence-corrected chi connectivity index (χ2v) is 5.27. The normalized spacial score (nSPS) is 10.6. The molecule has 1 rings (SSSR count). The summed E-state index contributed by atoms with van der Waals surface area (Å²) in [6.07, 6.45) is 1.46. The minimum absolute atomic E-state index is 0.187. The summed E-state index contributed by atoms with van der Waals surface area (Å²) < 4.78 is 0. The third-order valence-electron chi connectivity index (χ3n) is 3.85. The first kappa shape index (κ1) is 15.7. The molecule has 0 aliphatic heterocycles. The number of carbonyl (C=O) groups is 1. The zero-order chi connectivity index (χ0) is 14.6. The maximum Gasteiger partial charge on any atom is 0.226 e. The van der Waals surface area contributed by atoms with E-state index >= 15 is 0 Å². The molecule has 0 bridgehead atoms. The fraction of sp³-hybridized carbons (Fsp3) is 0.562. The second-order valence-electron chi connectivity index (χ2n) is 5.27. The van der Waals surface area contributed by atoms with Gasteiger partial charge in [-0.25, -0.2) is 0 Å². The molecule has 0 aliphatic rings. The lowest BCUT2D eigenvalue weighted by molar-refractivity contribution is -0.118. The van der Waals surface area contributed by atoms with Crippen molar-refractivity contribution in [3.8, 4) is 0 Å². The van der Waals surface area contributed by atoms with Crippen LogP contribution in [0.3, 0.4) is 0 Å². The summed E-state index contributed by atoms with van der Waals surface area (Å²) in [7, 11) is 3.79. The number of hydrogen-bond donors (Lipinski definition) is 1. The molecule has 0 unspecified atom stereocenters. The Kier molecular flexibility index (Phi) is 5.55. The Morgan fingerprint density at radius 1 is 1.16 bits per heavy atom. The number of hydrogen-bond acceptors (Lipinski definition) is 2. The quantitative estimate of drug-likeness (QED) is 0.828. The Balaban J connectivity index is 2.99. The van der Waals surface area contributed by atoms with Crippen LogP contribution in [0.4, 0.5) is 5.69 Å². The predicted molar refractivity (Wildman–Crippen MR) is 82.0 cm³/mol. The molecule has 3 nitrogen and oxygen atoms in total. The maximum absolute atomic E-state index is 12.2. The van der Waals surface area contributed by atoms with Crippen LogP contribution >= 0.6 is 0 Å². The fourth-order valence-corrected chi connectivity index (χ4v) is 2.41. The molecule has 0 radical (unpaired) electrons. The summed E-state index contributed by atoms with van der Waals surface area (Å²) in [6.45, 7) is 9.27. The molecule has 0 spiro atoms. The molecule has 1 aromatic carbocycles. The molecule has 3 heteroatoms. The largest absolute Gasteiger partial charge is 0.320 e. The van der Waals surface area contributed by atoms with Crippen molar-refractivity contribution in [3.05, 3.63) is 28.3 Å². The smallest absolute Gasteiger partial charge is 0.226 e. The van der Waals surface area contributed by atoms with Crippen LogP contribution in [0.15, 0.2) is 6.07 Å². The van der Waals surface area contributed by atoms with E-state index in [1.807, 2.05) is 19.0 Å². The van der Waals surface area contributed by atoms with Crippen LogP contribution in [0.1, 0.15) is 35.1 Å². The first-order valence-corrected chi connectivity index (χ1v) is 6.88. The maximum atomic E-state index is 12.2. The Morgan fingerprint density at radius 2 is 1.68 bits per heavy atom.